The highest BCUT2D eigenvalue weighted by Crippen LogP contribution is 2.31. The molecule has 2 aromatic carbocycles. The Labute approximate surface area is 144 Å². The van der Waals surface area contributed by atoms with E-state index in [0.29, 0.717) is 6.04 Å². The molecule has 3 heteroatoms. The number of rotatable bonds is 4. The minimum Gasteiger partial charge on any atom is -0.313 e. The number of nitrogens with one attached hydrogen (secondary N) is 1. The average molecular weight is 411 g/mol. The van der Waals surface area contributed by atoms with Crippen LogP contribution in [0.5, 0.6) is 0 Å². The second-order valence-electron chi connectivity index (χ2n) is 5.59. The lowest BCUT2D eigenvalue weighted by Crippen LogP contribution is -2.19. The standard InChI is InChI=1S/C18H21Br2N/c1-11-5-6-14(7-12(11)2)9-18(21-4)15-10-16(19)13(3)8-17(15)20/h5-8,10,18,21H,9H2,1-4H3. The maximum absolute atomic E-state index is 3.70. The lowest BCUT2D eigenvalue weighted by Gasteiger charge is -2.20. The van der Waals surface area contributed by atoms with Crippen molar-refractivity contribution in [3.05, 3.63) is 67.1 Å². The van der Waals surface area contributed by atoms with Crippen LogP contribution in [0.4, 0.5) is 0 Å². The van der Waals surface area contributed by atoms with Crippen molar-refractivity contribution in [3.8, 4) is 0 Å². The molecule has 0 spiro atoms. The van der Waals surface area contributed by atoms with E-state index in [9.17, 15) is 0 Å². The summed E-state index contributed by atoms with van der Waals surface area (Å²) in [5.41, 5.74) is 6.59. The highest BCUT2D eigenvalue weighted by atomic mass is 79.9. The van der Waals surface area contributed by atoms with Crippen LogP contribution in [0.1, 0.15) is 33.9 Å². The SMILES string of the molecule is CNC(Cc1ccc(C)c(C)c1)c1cc(Br)c(C)cc1Br. The summed E-state index contributed by atoms with van der Waals surface area (Å²) in [4.78, 5) is 0. The van der Waals surface area contributed by atoms with Crippen molar-refractivity contribution in [2.75, 3.05) is 7.05 Å². The number of hydrogen-bond donors (Lipinski definition) is 1. The van der Waals surface area contributed by atoms with Crippen LogP contribution in [-0.2, 0) is 6.42 Å². The Hall–Kier alpha value is -0.640. The fraction of sp³-hybridized carbons (Fsp3) is 0.333. The van der Waals surface area contributed by atoms with Gasteiger partial charge in [0.25, 0.3) is 0 Å². The van der Waals surface area contributed by atoms with Crippen LogP contribution >= 0.6 is 31.9 Å². The van der Waals surface area contributed by atoms with Crippen LogP contribution in [-0.4, -0.2) is 7.05 Å². The Balaban J connectivity index is 2.31. The lowest BCUT2D eigenvalue weighted by molar-refractivity contribution is 0.589. The van der Waals surface area contributed by atoms with Crippen molar-refractivity contribution in [3.63, 3.8) is 0 Å². The maximum atomic E-state index is 3.70. The van der Waals surface area contributed by atoms with Gasteiger partial charge >= 0.3 is 0 Å². The monoisotopic (exact) mass is 409 g/mol. The molecule has 0 saturated carbocycles. The molecule has 2 aromatic rings. The van der Waals surface area contributed by atoms with Gasteiger partial charge in [-0.2, -0.15) is 0 Å². The molecule has 0 radical (unpaired) electrons. The van der Waals surface area contributed by atoms with Gasteiger partial charge in [0.05, 0.1) is 0 Å². The zero-order chi connectivity index (χ0) is 15.6. The third-order valence-corrected chi connectivity index (χ3v) is 5.55. The highest BCUT2D eigenvalue weighted by Gasteiger charge is 2.15. The van der Waals surface area contributed by atoms with E-state index in [2.05, 4.69) is 88.3 Å². The predicted molar refractivity (Wildman–Crippen MR) is 98.0 cm³/mol. The summed E-state index contributed by atoms with van der Waals surface area (Å²) in [6.07, 6.45) is 0.978. The Morgan fingerprint density at radius 3 is 2.24 bits per heavy atom. The summed E-state index contributed by atoms with van der Waals surface area (Å²) in [6, 6.07) is 11.4. The molecule has 0 aromatic heterocycles. The minimum absolute atomic E-state index is 0.290. The molecule has 1 nitrogen and oxygen atoms in total. The molecular formula is C18H21Br2N. The van der Waals surface area contributed by atoms with E-state index >= 15 is 0 Å². The third kappa shape index (κ3) is 3.97. The minimum atomic E-state index is 0.290. The number of aryl methyl sites for hydroxylation is 3. The van der Waals surface area contributed by atoms with Crippen molar-refractivity contribution in [1.82, 2.24) is 5.32 Å². The molecular weight excluding hydrogens is 390 g/mol. The van der Waals surface area contributed by atoms with Crippen molar-refractivity contribution in [2.24, 2.45) is 0 Å². The normalized spacial score (nSPS) is 12.5. The first-order valence-electron chi connectivity index (χ1n) is 7.11. The van der Waals surface area contributed by atoms with Crippen molar-refractivity contribution < 1.29 is 0 Å². The Morgan fingerprint density at radius 2 is 1.62 bits per heavy atom. The van der Waals surface area contributed by atoms with E-state index in [-0.39, 0.29) is 0 Å². The molecule has 1 unspecified atom stereocenters. The number of likely N-dealkylation sites (N-methyl/N-ethyl adjacent to an activating group) is 1. The van der Waals surface area contributed by atoms with Gasteiger partial charge in [-0.1, -0.05) is 50.1 Å². The van der Waals surface area contributed by atoms with E-state index in [0.717, 1.165) is 15.4 Å². The molecule has 0 bridgehead atoms. The first-order valence-corrected chi connectivity index (χ1v) is 8.70. The Bertz CT molecular complexity index is 650. The van der Waals surface area contributed by atoms with Crippen LogP contribution in [0.25, 0.3) is 0 Å². The maximum Gasteiger partial charge on any atom is 0.0370 e. The van der Waals surface area contributed by atoms with Crippen molar-refractivity contribution in [1.29, 1.82) is 0 Å². The fourth-order valence-corrected chi connectivity index (χ4v) is 3.56. The van der Waals surface area contributed by atoms with Gasteiger partial charge in [0, 0.05) is 15.0 Å². The predicted octanol–water partition coefficient (Wildman–Crippen LogP) is 5.64. The van der Waals surface area contributed by atoms with Crippen LogP contribution < -0.4 is 5.32 Å². The smallest absolute Gasteiger partial charge is 0.0370 e. The first-order chi connectivity index (χ1) is 9.92. The van der Waals surface area contributed by atoms with Gasteiger partial charge in [-0.25, -0.2) is 0 Å². The molecule has 2 rings (SSSR count). The van der Waals surface area contributed by atoms with E-state index in [1.54, 1.807) is 0 Å². The molecule has 112 valence electrons. The zero-order valence-electron chi connectivity index (χ0n) is 12.9. The van der Waals surface area contributed by atoms with Gasteiger partial charge < -0.3 is 5.32 Å². The van der Waals surface area contributed by atoms with Gasteiger partial charge in [-0.3, -0.25) is 0 Å². The van der Waals surface area contributed by atoms with Crippen LogP contribution in [0.15, 0.2) is 39.3 Å². The molecule has 0 aliphatic rings. The highest BCUT2D eigenvalue weighted by molar-refractivity contribution is 9.11. The van der Waals surface area contributed by atoms with Crippen molar-refractivity contribution in [2.45, 2.75) is 33.2 Å². The fourth-order valence-electron chi connectivity index (χ4n) is 2.46. The topological polar surface area (TPSA) is 12.0 Å². The Kier molecular flexibility index (Phi) is 5.64. The summed E-state index contributed by atoms with van der Waals surface area (Å²) in [5.74, 6) is 0. The number of benzene rings is 2. The zero-order valence-corrected chi connectivity index (χ0v) is 16.1. The first kappa shape index (κ1) is 16.7. The summed E-state index contributed by atoms with van der Waals surface area (Å²) in [6.45, 7) is 6.43. The van der Waals surface area contributed by atoms with Gasteiger partial charge in [0.2, 0.25) is 0 Å². The molecule has 21 heavy (non-hydrogen) atoms. The molecule has 0 amide bonds. The van der Waals surface area contributed by atoms with Crippen LogP contribution in [0.3, 0.4) is 0 Å². The van der Waals surface area contributed by atoms with Crippen molar-refractivity contribution >= 4 is 31.9 Å². The van der Waals surface area contributed by atoms with E-state index in [1.165, 1.54) is 27.8 Å². The average Bonchev–Trinajstić information content (AvgIpc) is 2.44. The molecule has 1 atom stereocenters. The molecule has 0 saturated heterocycles. The van der Waals surface area contributed by atoms with Gasteiger partial charge in [0.15, 0.2) is 0 Å². The summed E-state index contributed by atoms with van der Waals surface area (Å²) in [7, 11) is 2.02. The number of halogens is 2. The third-order valence-electron chi connectivity index (χ3n) is 4.01. The largest absolute Gasteiger partial charge is 0.313 e. The summed E-state index contributed by atoms with van der Waals surface area (Å²) >= 11 is 7.34. The molecule has 0 aliphatic carbocycles. The van der Waals surface area contributed by atoms with E-state index in [4.69, 9.17) is 0 Å². The quantitative estimate of drug-likeness (QED) is 0.687. The van der Waals surface area contributed by atoms with Gasteiger partial charge in [0.1, 0.15) is 0 Å². The molecule has 0 heterocycles. The van der Waals surface area contributed by atoms with Crippen LogP contribution in [0.2, 0.25) is 0 Å². The van der Waals surface area contributed by atoms with E-state index in [1.807, 2.05) is 7.05 Å². The van der Waals surface area contributed by atoms with E-state index < -0.39 is 0 Å². The summed E-state index contributed by atoms with van der Waals surface area (Å²) in [5, 5.41) is 3.44. The van der Waals surface area contributed by atoms with Crippen LogP contribution in [0, 0.1) is 20.8 Å². The molecule has 0 fully saturated rings. The van der Waals surface area contributed by atoms with Gasteiger partial charge in [-0.15, -0.1) is 0 Å². The molecule has 1 N–H and O–H groups in total. The second-order valence-corrected chi connectivity index (χ2v) is 7.30. The summed E-state index contributed by atoms with van der Waals surface area (Å²) < 4.78 is 2.31. The van der Waals surface area contributed by atoms with Gasteiger partial charge in [-0.05, 0) is 74.2 Å². The molecule has 0 aliphatic heterocycles. The number of hydrogen-bond acceptors (Lipinski definition) is 1. The second kappa shape index (κ2) is 7.08. The lowest BCUT2D eigenvalue weighted by atomic mass is 9.96. The Morgan fingerprint density at radius 1 is 0.905 bits per heavy atom.